The van der Waals surface area contributed by atoms with Crippen molar-refractivity contribution in [2.75, 3.05) is 37.6 Å². The van der Waals surface area contributed by atoms with Crippen LogP contribution in [0.1, 0.15) is 38.1 Å². The van der Waals surface area contributed by atoms with Crippen molar-refractivity contribution in [2.24, 2.45) is 0 Å². The van der Waals surface area contributed by atoms with Gasteiger partial charge in [-0.25, -0.2) is 4.98 Å². The highest BCUT2D eigenvalue weighted by Crippen LogP contribution is 2.31. The molecule has 1 fully saturated rings. The number of aromatic nitrogens is 3. The van der Waals surface area contributed by atoms with Gasteiger partial charge in [-0.1, -0.05) is 50.8 Å². The van der Waals surface area contributed by atoms with Crippen LogP contribution in [0.3, 0.4) is 0 Å². The van der Waals surface area contributed by atoms with Crippen LogP contribution in [0.5, 0.6) is 0 Å². The van der Waals surface area contributed by atoms with Gasteiger partial charge in [0, 0.05) is 17.3 Å². The number of nitrogens with one attached hydrogen (secondary N) is 1. The number of hydrogen-bond donors (Lipinski definition) is 1. The lowest BCUT2D eigenvalue weighted by molar-refractivity contribution is -0.895. The van der Waals surface area contributed by atoms with E-state index in [1.54, 1.807) is 4.90 Å². The quantitative estimate of drug-likeness (QED) is 0.681. The smallest absolute Gasteiger partial charge is 0.165 e. The van der Waals surface area contributed by atoms with Gasteiger partial charge in [0.05, 0.1) is 38.4 Å². The summed E-state index contributed by atoms with van der Waals surface area (Å²) in [6.07, 6.45) is 0. The van der Waals surface area contributed by atoms with E-state index in [4.69, 9.17) is 10.1 Å². The number of hydrogen-bond acceptors (Lipinski definition) is 3. The van der Waals surface area contributed by atoms with Gasteiger partial charge in [0.25, 0.3) is 0 Å². The molecule has 0 atom stereocenters. The maximum Gasteiger partial charge on any atom is 0.165 e. The molecule has 0 bridgehead atoms. The molecule has 2 aromatic heterocycles. The summed E-state index contributed by atoms with van der Waals surface area (Å²) in [5.41, 5.74) is 6.69. The van der Waals surface area contributed by atoms with Gasteiger partial charge in [-0.05, 0) is 30.9 Å². The molecule has 0 saturated carbocycles. The van der Waals surface area contributed by atoms with Crippen molar-refractivity contribution in [3.05, 3.63) is 59.9 Å². The minimum Gasteiger partial charge on any atom is -0.345 e. The Bertz CT molecular complexity index is 1010. The van der Waals surface area contributed by atoms with E-state index in [2.05, 4.69) is 80.1 Å². The number of anilines is 1. The maximum atomic E-state index is 5.04. The van der Waals surface area contributed by atoms with Crippen LogP contribution in [0.15, 0.2) is 48.6 Å². The van der Waals surface area contributed by atoms with E-state index in [1.807, 2.05) is 0 Å². The van der Waals surface area contributed by atoms with Crippen molar-refractivity contribution < 1.29 is 4.90 Å². The number of fused-ring (bicyclic) bond motifs is 1. The van der Waals surface area contributed by atoms with Crippen molar-refractivity contribution >= 4 is 11.5 Å². The molecule has 4 rings (SSSR count). The SMILES string of the molecule is C=C(C)C[NH+]1CCN(c2cc(C(C)C)nc3c(-c4ccccc4)c(C)nn23)CC1. The van der Waals surface area contributed by atoms with Crippen LogP contribution in [-0.4, -0.2) is 47.3 Å². The van der Waals surface area contributed by atoms with Gasteiger partial charge in [0.15, 0.2) is 5.65 Å². The summed E-state index contributed by atoms with van der Waals surface area (Å²) in [6.45, 7) is 18.1. The van der Waals surface area contributed by atoms with E-state index in [0.29, 0.717) is 5.92 Å². The zero-order valence-corrected chi connectivity index (χ0v) is 18.1. The molecular weight excluding hydrogens is 358 g/mol. The first kappa shape index (κ1) is 19.6. The van der Waals surface area contributed by atoms with E-state index >= 15 is 0 Å². The van der Waals surface area contributed by atoms with E-state index < -0.39 is 0 Å². The van der Waals surface area contributed by atoms with Gasteiger partial charge in [-0.2, -0.15) is 9.61 Å². The van der Waals surface area contributed by atoms with E-state index in [1.165, 1.54) is 17.0 Å². The van der Waals surface area contributed by atoms with Crippen molar-refractivity contribution in [1.29, 1.82) is 0 Å². The summed E-state index contributed by atoms with van der Waals surface area (Å²) in [4.78, 5) is 9.13. The third-order valence-corrected chi connectivity index (χ3v) is 5.77. The summed E-state index contributed by atoms with van der Waals surface area (Å²) in [6, 6.07) is 12.7. The second kappa shape index (κ2) is 7.99. The Balaban J connectivity index is 1.77. The summed E-state index contributed by atoms with van der Waals surface area (Å²) in [5, 5.41) is 4.92. The largest absolute Gasteiger partial charge is 0.345 e. The molecule has 1 aromatic carbocycles. The standard InChI is InChI=1S/C24H31N5/c1-17(2)16-27-11-13-28(14-12-27)22-15-21(18(3)4)25-24-23(19(5)26-29(22)24)20-9-7-6-8-10-20/h6-10,15,18H,1,11-14,16H2,2-5H3/p+1. The fourth-order valence-corrected chi connectivity index (χ4v) is 4.25. The maximum absolute atomic E-state index is 5.04. The van der Waals surface area contributed by atoms with Crippen molar-refractivity contribution in [3.63, 3.8) is 0 Å². The third kappa shape index (κ3) is 3.92. The monoisotopic (exact) mass is 390 g/mol. The van der Waals surface area contributed by atoms with Gasteiger partial charge in [-0.3, -0.25) is 0 Å². The molecule has 0 amide bonds. The van der Waals surface area contributed by atoms with Crippen LogP contribution in [0, 0.1) is 6.92 Å². The van der Waals surface area contributed by atoms with Crippen molar-refractivity contribution in [2.45, 2.75) is 33.6 Å². The Labute approximate surface area is 173 Å². The lowest BCUT2D eigenvalue weighted by Crippen LogP contribution is -3.15. The first-order valence-electron chi connectivity index (χ1n) is 10.6. The number of quaternary nitrogens is 1. The normalized spacial score (nSPS) is 15.4. The van der Waals surface area contributed by atoms with E-state index in [0.717, 1.165) is 55.3 Å². The minimum absolute atomic E-state index is 0.368. The molecule has 0 radical (unpaired) electrons. The number of nitrogens with zero attached hydrogens (tertiary/aromatic N) is 4. The second-order valence-electron chi connectivity index (χ2n) is 8.63. The topological polar surface area (TPSA) is 37.9 Å². The third-order valence-electron chi connectivity index (χ3n) is 5.77. The summed E-state index contributed by atoms with van der Waals surface area (Å²) in [7, 11) is 0. The average molecular weight is 391 g/mol. The molecule has 3 heterocycles. The number of aryl methyl sites for hydroxylation is 1. The van der Waals surface area contributed by atoms with Crippen LogP contribution in [0.4, 0.5) is 5.82 Å². The molecule has 1 saturated heterocycles. The van der Waals surface area contributed by atoms with Crippen LogP contribution >= 0.6 is 0 Å². The summed E-state index contributed by atoms with van der Waals surface area (Å²) >= 11 is 0. The Kier molecular flexibility index (Phi) is 5.41. The van der Waals surface area contributed by atoms with Gasteiger partial charge < -0.3 is 9.80 Å². The number of rotatable bonds is 5. The molecule has 1 aliphatic rings. The molecule has 3 aromatic rings. The lowest BCUT2D eigenvalue weighted by Gasteiger charge is -2.34. The van der Waals surface area contributed by atoms with Crippen LogP contribution < -0.4 is 9.80 Å². The van der Waals surface area contributed by atoms with E-state index in [9.17, 15) is 0 Å². The second-order valence-corrected chi connectivity index (χ2v) is 8.63. The van der Waals surface area contributed by atoms with Gasteiger partial charge >= 0.3 is 0 Å². The highest BCUT2D eigenvalue weighted by Gasteiger charge is 2.25. The van der Waals surface area contributed by atoms with Crippen LogP contribution in [0.25, 0.3) is 16.8 Å². The molecule has 0 aliphatic carbocycles. The molecule has 152 valence electrons. The first-order valence-corrected chi connectivity index (χ1v) is 10.6. The van der Waals surface area contributed by atoms with Crippen LogP contribution in [0.2, 0.25) is 0 Å². The molecule has 0 unspecified atom stereocenters. The molecule has 0 spiro atoms. The van der Waals surface area contributed by atoms with Gasteiger partial charge in [0.2, 0.25) is 0 Å². The van der Waals surface area contributed by atoms with Crippen molar-refractivity contribution in [1.82, 2.24) is 14.6 Å². The molecule has 29 heavy (non-hydrogen) atoms. The number of benzene rings is 1. The summed E-state index contributed by atoms with van der Waals surface area (Å²) in [5.74, 6) is 1.53. The van der Waals surface area contributed by atoms with Crippen molar-refractivity contribution in [3.8, 4) is 11.1 Å². The first-order chi connectivity index (χ1) is 13.9. The minimum atomic E-state index is 0.368. The Morgan fingerprint density at radius 3 is 2.48 bits per heavy atom. The fourth-order valence-electron chi connectivity index (χ4n) is 4.25. The zero-order chi connectivity index (χ0) is 20.5. The predicted molar refractivity (Wildman–Crippen MR) is 120 cm³/mol. The van der Waals surface area contributed by atoms with Gasteiger partial charge in [-0.15, -0.1) is 0 Å². The molecule has 5 nitrogen and oxygen atoms in total. The van der Waals surface area contributed by atoms with E-state index in [-0.39, 0.29) is 0 Å². The molecule has 1 N–H and O–H groups in total. The fraction of sp³-hybridized carbons (Fsp3) is 0.417. The zero-order valence-electron chi connectivity index (χ0n) is 18.1. The summed E-state index contributed by atoms with van der Waals surface area (Å²) < 4.78 is 2.06. The highest BCUT2D eigenvalue weighted by molar-refractivity contribution is 5.81. The predicted octanol–water partition coefficient (Wildman–Crippen LogP) is 3.11. The average Bonchev–Trinajstić information content (AvgIpc) is 3.03. The number of piperazine rings is 1. The Morgan fingerprint density at radius 1 is 1.17 bits per heavy atom. The Morgan fingerprint density at radius 2 is 1.86 bits per heavy atom. The van der Waals surface area contributed by atoms with Crippen LogP contribution in [-0.2, 0) is 0 Å². The molecule has 1 aliphatic heterocycles. The molecule has 5 heteroatoms. The molecular formula is C24H32N5+. The highest BCUT2D eigenvalue weighted by atomic mass is 15.4. The van der Waals surface area contributed by atoms with Gasteiger partial charge in [0.1, 0.15) is 5.82 Å². The lowest BCUT2D eigenvalue weighted by atomic mass is 10.1. The Hall–Kier alpha value is -2.66.